The SMILES string of the molecule is COC(=O)C(C(=O)OC)C(CC(=O)c1ccccc1[N+](=O)[O-])c1ccc2c(c1)OCO2.O=C(/C=C/c1ccc2c(c1)OCO2)c1cccc([N+](=O)[O-])c1. The van der Waals surface area contributed by atoms with Crippen molar-refractivity contribution in [3.05, 3.63) is 133 Å². The quantitative estimate of drug-likeness (QED) is 0.0418. The highest BCUT2D eigenvalue weighted by Crippen LogP contribution is 2.39. The van der Waals surface area contributed by atoms with Crippen LogP contribution in [0.5, 0.6) is 23.0 Å². The number of non-ortho nitro benzene ring substituents is 1. The van der Waals surface area contributed by atoms with Crippen LogP contribution in [0.25, 0.3) is 6.08 Å². The third-order valence-electron chi connectivity index (χ3n) is 8.11. The molecule has 0 aliphatic carbocycles. The van der Waals surface area contributed by atoms with Crippen molar-refractivity contribution >= 4 is 41.0 Å². The van der Waals surface area contributed by atoms with E-state index in [2.05, 4.69) is 0 Å². The second-order valence-electron chi connectivity index (χ2n) is 11.3. The lowest BCUT2D eigenvalue weighted by atomic mass is 9.81. The van der Waals surface area contributed by atoms with Crippen molar-refractivity contribution in [3.63, 3.8) is 0 Å². The maximum absolute atomic E-state index is 13.0. The highest BCUT2D eigenvalue weighted by Gasteiger charge is 2.40. The van der Waals surface area contributed by atoms with Gasteiger partial charge < -0.3 is 28.4 Å². The van der Waals surface area contributed by atoms with Crippen LogP contribution in [-0.4, -0.2) is 61.2 Å². The molecule has 0 saturated carbocycles. The van der Waals surface area contributed by atoms with Gasteiger partial charge in [0.1, 0.15) is 0 Å². The maximum atomic E-state index is 13.0. The highest BCUT2D eigenvalue weighted by atomic mass is 16.7. The molecule has 16 heteroatoms. The normalized spacial score (nSPS) is 12.7. The molecule has 6 rings (SSSR count). The first-order chi connectivity index (χ1) is 25.5. The molecule has 0 N–H and O–H groups in total. The van der Waals surface area contributed by atoms with Crippen molar-refractivity contribution in [3.8, 4) is 23.0 Å². The summed E-state index contributed by atoms with van der Waals surface area (Å²) in [5, 5.41) is 22.0. The number of nitro groups is 2. The molecule has 4 aromatic carbocycles. The number of ketones is 2. The Balaban J connectivity index is 0.000000216. The van der Waals surface area contributed by atoms with Crippen molar-refractivity contribution in [2.45, 2.75) is 12.3 Å². The van der Waals surface area contributed by atoms with Crippen LogP contribution in [0.1, 0.15) is 44.2 Å². The van der Waals surface area contributed by atoms with Crippen LogP contribution in [0.2, 0.25) is 0 Å². The van der Waals surface area contributed by atoms with Gasteiger partial charge in [-0.05, 0) is 47.5 Å². The molecule has 0 bridgehead atoms. The molecule has 2 aliphatic rings. The van der Waals surface area contributed by atoms with Crippen LogP contribution in [0.3, 0.4) is 0 Å². The second-order valence-corrected chi connectivity index (χ2v) is 11.3. The number of rotatable bonds is 12. The monoisotopic (exact) mass is 726 g/mol. The summed E-state index contributed by atoms with van der Waals surface area (Å²) >= 11 is 0. The first-order valence-corrected chi connectivity index (χ1v) is 15.7. The summed E-state index contributed by atoms with van der Waals surface area (Å²) in [4.78, 5) is 70.9. The lowest BCUT2D eigenvalue weighted by molar-refractivity contribution is -0.385. The van der Waals surface area contributed by atoms with E-state index in [0.29, 0.717) is 28.6 Å². The van der Waals surface area contributed by atoms with Gasteiger partial charge in [-0.1, -0.05) is 42.5 Å². The topological polar surface area (TPSA) is 210 Å². The molecule has 0 radical (unpaired) electrons. The zero-order chi connectivity index (χ0) is 38.1. The average molecular weight is 727 g/mol. The zero-order valence-corrected chi connectivity index (χ0v) is 28.1. The molecular weight excluding hydrogens is 696 g/mol. The minimum absolute atomic E-state index is 0.00995. The Morgan fingerprint density at radius 1 is 0.736 bits per heavy atom. The van der Waals surface area contributed by atoms with Gasteiger partial charge in [-0.25, -0.2) is 0 Å². The largest absolute Gasteiger partial charge is 0.468 e. The number of nitro benzene ring substituents is 2. The first kappa shape index (κ1) is 37.2. The molecule has 0 saturated heterocycles. The minimum atomic E-state index is -1.47. The number of esters is 2. The number of allylic oxidation sites excluding steroid dienone is 1. The van der Waals surface area contributed by atoms with E-state index in [9.17, 15) is 39.4 Å². The Bertz CT molecular complexity index is 2090. The predicted octanol–water partition coefficient (Wildman–Crippen LogP) is 5.86. The van der Waals surface area contributed by atoms with E-state index in [1.807, 2.05) is 0 Å². The van der Waals surface area contributed by atoms with E-state index in [0.717, 1.165) is 19.8 Å². The van der Waals surface area contributed by atoms with E-state index in [1.165, 1.54) is 48.5 Å². The maximum Gasteiger partial charge on any atom is 0.320 e. The fourth-order valence-electron chi connectivity index (χ4n) is 5.49. The fourth-order valence-corrected chi connectivity index (χ4v) is 5.49. The summed E-state index contributed by atoms with van der Waals surface area (Å²) in [6, 6.07) is 21.1. The molecule has 0 spiro atoms. The number of benzene rings is 4. The van der Waals surface area contributed by atoms with Crippen LogP contribution in [0, 0.1) is 26.1 Å². The molecule has 0 aromatic heterocycles. The Labute approximate surface area is 300 Å². The van der Waals surface area contributed by atoms with E-state index in [-0.39, 0.29) is 48.3 Å². The number of ether oxygens (including phenoxy) is 6. The van der Waals surface area contributed by atoms with Gasteiger partial charge >= 0.3 is 11.9 Å². The van der Waals surface area contributed by atoms with E-state index >= 15 is 0 Å². The van der Waals surface area contributed by atoms with E-state index < -0.39 is 39.4 Å². The molecule has 1 atom stereocenters. The van der Waals surface area contributed by atoms with Crippen molar-refractivity contribution in [2.24, 2.45) is 5.92 Å². The second kappa shape index (κ2) is 16.7. The number of hydrogen-bond donors (Lipinski definition) is 0. The Kier molecular flexibility index (Phi) is 11.7. The Morgan fingerprint density at radius 2 is 1.36 bits per heavy atom. The number of para-hydroxylation sites is 1. The molecule has 272 valence electrons. The van der Waals surface area contributed by atoms with E-state index in [4.69, 9.17) is 28.4 Å². The van der Waals surface area contributed by atoms with Gasteiger partial charge in [0.2, 0.25) is 13.6 Å². The van der Waals surface area contributed by atoms with Crippen molar-refractivity contribution < 1.29 is 57.4 Å². The zero-order valence-electron chi connectivity index (χ0n) is 28.1. The number of carbonyl (C=O) groups is 4. The van der Waals surface area contributed by atoms with Crippen LogP contribution in [0.4, 0.5) is 11.4 Å². The molecule has 4 aromatic rings. The number of methoxy groups -OCH3 is 2. The lowest BCUT2D eigenvalue weighted by Crippen LogP contribution is -2.33. The summed E-state index contributed by atoms with van der Waals surface area (Å²) in [5.74, 6) is -3.06. The number of nitrogens with zero attached hydrogens (tertiary/aromatic N) is 2. The summed E-state index contributed by atoms with van der Waals surface area (Å²) in [7, 11) is 2.22. The van der Waals surface area contributed by atoms with Crippen molar-refractivity contribution in [2.75, 3.05) is 27.8 Å². The smallest absolute Gasteiger partial charge is 0.320 e. The van der Waals surface area contributed by atoms with Gasteiger partial charge in [0.15, 0.2) is 40.5 Å². The predicted molar refractivity (Wildman–Crippen MR) is 184 cm³/mol. The molecule has 2 heterocycles. The molecule has 0 fully saturated rings. The summed E-state index contributed by atoms with van der Waals surface area (Å²) < 4.78 is 30.6. The summed E-state index contributed by atoms with van der Waals surface area (Å²) in [6.07, 6.45) is 2.61. The van der Waals surface area contributed by atoms with Crippen LogP contribution in [0.15, 0.2) is 91.0 Å². The van der Waals surface area contributed by atoms with E-state index in [1.54, 1.807) is 48.5 Å². The van der Waals surface area contributed by atoms with Gasteiger partial charge in [0.05, 0.1) is 29.6 Å². The average Bonchev–Trinajstić information content (AvgIpc) is 3.86. The van der Waals surface area contributed by atoms with Crippen LogP contribution >= 0.6 is 0 Å². The molecule has 16 nitrogen and oxygen atoms in total. The summed E-state index contributed by atoms with van der Waals surface area (Å²) in [6.45, 7) is 0.200. The number of fused-ring (bicyclic) bond motifs is 2. The number of Topliss-reactive ketones (excluding diaryl/α,β-unsaturated/α-hetero) is 1. The Hall–Kier alpha value is -7.10. The lowest BCUT2D eigenvalue weighted by Gasteiger charge is -2.23. The molecular formula is C37H30N2O14. The minimum Gasteiger partial charge on any atom is -0.468 e. The Morgan fingerprint density at radius 3 is 2.00 bits per heavy atom. The standard InChI is InChI=1S/C21H19NO9.C16H11NO5/c1-28-20(24)19(21(25)29-2)14(12-7-8-17-18(9-12)31-11-30-17)10-16(23)13-5-3-4-6-15(13)22(26)27;18-14(12-2-1-3-13(9-12)17(19)20)6-4-11-5-7-15-16(8-11)22-10-21-15/h3-9,14,19H,10-11H2,1-2H3;1-9H,10H2/b;6-4+. The molecule has 0 amide bonds. The number of hydrogen-bond acceptors (Lipinski definition) is 14. The van der Waals surface area contributed by atoms with Gasteiger partial charge in [0, 0.05) is 36.1 Å². The molecule has 1 unspecified atom stereocenters. The fraction of sp³-hybridized carbons (Fsp3) is 0.189. The van der Waals surface area contributed by atoms with Crippen LogP contribution < -0.4 is 18.9 Å². The third kappa shape index (κ3) is 8.80. The first-order valence-electron chi connectivity index (χ1n) is 15.7. The molecule has 53 heavy (non-hydrogen) atoms. The van der Waals surface area contributed by atoms with Crippen molar-refractivity contribution in [1.29, 1.82) is 0 Å². The van der Waals surface area contributed by atoms with Crippen LogP contribution in [-0.2, 0) is 19.1 Å². The number of carbonyl (C=O) groups excluding carboxylic acids is 4. The van der Waals surface area contributed by atoms with Gasteiger partial charge in [-0.15, -0.1) is 0 Å². The molecule has 2 aliphatic heterocycles. The van der Waals surface area contributed by atoms with Gasteiger partial charge in [-0.3, -0.25) is 39.4 Å². The van der Waals surface area contributed by atoms with Crippen molar-refractivity contribution in [1.82, 2.24) is 0 Å². The summed E-state index contributed by atoms with van der Waals surface area (Å²) in [5.41, 5.74) is 0.852. The van der Waals surface area contributed by atoms with Gasteiger partial charge in [0.25, 0.3) is 11.4 Å². The van der Waals surface area contributed by atoms with Gasteiger partial charge in [-0.2, -0.15) is 0 Å². The highest BCUT2D eigenvalue weighted by molar-refractivity contribution is 6.07. The third-order valence-corrected chi connectivity index (χ3v) is 8.11.